The second-order valence-corrected chi connectivity index (χ2v) is 6.32. The molecule has 2 aromatic rings. The first kappa shape index (κ1) is 15.7. The van der Waals surface area contributed by atoms with Crippen molar-refractivity contribution in [2.75, 3.05) is 0 Å². The summed E-state index contributed by atoms with van der Waals surface area (Å²) in [6.07, 6.45) is 8.61. The largest absolute Gasteiger partial charge is 0.328 e. The standard InChI is InChI=1S/C16H23N5O2/c1-20-9-13(15(22)18-16(20)23)8-17-7-12-10-21(2)19-14(12)11-5-3-4-6-11/h9-11,17H,3-8H2,1-2H3,(H,18,22,23). The average Bonchev–Trinajstić information content (AvgIpc) is 3.13. The van der Waals surface area contributed by atoms with Crippen LogP contribution in [-0.2, 0) is 27.2 Å². The van der Waals surface area contributed by atoms with Crippen LogP contribution in [0.1, 0.15) is 48.4 Å². The maximum atomic E-state index is 11.8. The molecule has 0 amide bonds. The van der Waals surface area contributed by atoms with Gasteiger partial charge >= 0.3 is 5.69 Å². The minimum Gasteiger partial charge on any atom is -0.308 e. The Balaban J connectivity index is 1.68. The predicted octanol–water partition coefficient (Wildman–Crippen LogP) is 0.754. The molecule has 0 aliphatic heterocycles. The second-order valence-electron chi connectivity index (χ2n) is 6.32. The molecule has 0 saturated heterocycles. The lowest BCUT2D eigenvalue weighted by atomic mass is 10.0. The van der Waals surface area contributed by atoms with E-state index in [2.05, 4.69) is 15.4 Å². The third-order valence-corrected chi connectivity index (χ3v) is 4.49. The van der Waals surface area contributed by atoms with E-state index in [1.54, 1.807) is 13.2 Å². The molecule has 2 N–H and O–H groups in total. The van der Waals surface area contributed by atoms with Crippen LogP contribution in [0.5, 0.6) is 0 Å². The van der Waals surface area contributed by atoms with E-state index in [9.17, 15) is 9.59 Å². The maximum Gasteiger partial charge on any atom is 0.328 e. The van der Waals surface area contributed by atoms with Crippen molar-refractivity contribution in [3.8, 4) is 0 Å². The summed E-state index contributed by atoms with van der Waals surface area (Å²) < 4.78 is 3.25. The van der Waals surface area contributed by atoms with Gasteiger partial charge in [0.15, 0.2) is 0 Å². The van der Waals surface area contributed by atoms with Crippen molar-refractivity contribution in [2.24, 2.45) is 14.1 Å². The van der Waals surface area contributed by atoms with Crippen molar-refractivity contribution in [3.05, 3.63) is 50.1 Å². The number of H-pyrrole nitrogens is 1. The van der Waals surface area contributed by atoms with Crippen LogP contribution in [0.2, 0.25) is 0 Å². The Morgan fingerprint density at radius 2 is 1.87 bits per heavy atom. The highest BCUT2D eigenvalue weighted by Crippen LogP contribution is 2.34. The van der Waals surface area contributed by atoms with Crippen molar-refractivity contribution in [1.82, 2.24) is 24.6 Å². The van der Waals surface area contributed by atoms with Gasteiger partial charge in [-0.3, -0.25) is 14.5 Å². The lowest BCUT2D eigenvalue weighted by Gasteiger charge is -2.09. The molecule has 2 heterocycles. The van der Waals surface area contributed by atoms with Gasteiger partial charge in [-0.2, -0.15) is 5.10 Å². The van der Waals surface area contributed by atoms with Crippen LogP contribution in [0.4, 0.5) is 0 Å². The van der Waals surface area contributed by atoms with Crippen LogP contribution in [0.15, 0.2) is 22.0 Å². The Kier molecular flexibility index (Phi) is 4.47. The SMILES string of the molecule is Cn1cc(CNCc2cn(C)c(=O)[nH]c2=O)c(C2CCCC2)n1. The zero-order chi connectivity index (χ0) is 16.4. The summed E-state index contributed by atoms with van der Waals surface area (Å²) in [5, 5.41) is 7.92. The highest BCUT2D eigenvalue weighted by Gasteiger charge is 2.22. The number of hydrogen-bond donors (Lipinski definition) is 2. The molecular weight excluding hydrogens is 294 g/mol. The van der Waals surface area contributed by atoms with Gasteiger partial charge in [-0.1, -0.05) is 12.8 Å². The third-order valence-electron chi connectivity index (χ3n) is 4.49. The number of aromatic amines is 1. The summed E-state index contributed by atoms with van der Waals surface area (Å²) in [7, 11) is 3.57. The molecule has 23 heavy (non-hydrogen) atoms. The van der Waals surface area contributed by atoms with Gasteiger partial charge in [-0.15, -0.1) is 0 Å². The van der Waals surface area contributed by atoms with E-state index in [0.29, 0.717) is 24.6 Å². The summed E-state index contributed by atoms with van der Waals surface area (Å²) >= 11 is 0. The molecule has 0 bridgehead atoms. The normalized spacial score (nSPS) is 15.4. The molecule has 0 spiro atoms. The summed E-state index contributed by atoms with van der Waals surface area (Å²) in [6.45, 7) is 1.09. The van der Waals surface area contributed by atoms with Crippen molar-refractivity contribution in [3.63, 3.8) is 0 Å². The van der Waals surface area contributed by atoms with Crippen molar-refractivity contribution in [1.29, 1.82) is 0 Å². The number of aryl methyl sites for hydroxylation is 2. The molecule has 3 rings (SSSR count). The zero-order valence-electron chi connectivity index (χ0n) is 13.6. The van der Waals surface area contributed by atoms with Crippen molar-refractivity contribution in [2.45, 2.75) is 44.7 Å². The highest BCUT2D eigenvalue weighted by molar-refractivity contribution is 5.22. The van der Waals surface area contributed by atoms with Gasteiger partial charge < -0.3 is 9.88 Å². The number of hydrogen-bond acceptors (Lipinski definition) is 4. The fraction of sp³-hybridized carbons (Fsp3) is 0.562. The molecule has 0 atom stereocenters. The third kappa shape index (κ3) is 3.44. The molecule has 0 unspecified atom stereocenters. The van der Waals surface area contributed by atoms with Crippen LogP contribution in [0.3, 0.4) is 0 Å². The van der Waals surface area contributed by atoms with E-state index >= 15 is 0 Å². The minimum atomic E-state index is -0.394. The van der Waals surface area contributed by atoms with Crippen LogP contribution >= 0.6 is 0 Å². The van der Waals surface area contributed by atoms with Gasteiger partial charge in [0.25, 0.3) is 5.56 Å². The smallest absolute Gasteiger partial charge is 0.308 e. The van der Waals surface area contributed by atoms with Gasteiger partial charge in [0.2, 0.25) is 0 Å². The number of aromatic nitrogens is 4. The summed E-state index contributed by atoms with van der Waals surface area (Å²) in [5.74, 6) is 0.564. The molecular formula is C16H23N5O2. The number of nitrogens with zero attached hydrogens (tertiary/aromatic N) is 3. The Bertz CT molecular complexity index is 796. The quantitative estimate of drug-likeness (QED) is 0.852. The van der Waals surface area contributed by atoms with E-state index in [-0.39, 0.29) is 5.56 Å². The Morgan fingerprint density at radius 3 is 2.61 bits per heavy atom. The monoisotopic (exact) mass is 317 g/mol. The second kappa shape index (κ2) is 6.54. The van der Waals surface area contributed by atoms with Crippen LogP contribution in [0, 0.1) is 0 Å². The molecule has 7 heteroatoms. The summed E-state index contributed by atoms with van der Waals surface area (Å²) in [6, 6.07) is 0. The fourth-order valence-electron chi connectivity index (χ4n) is 3.31. The van der Waals surface area contributed by atoms with Gasteiger partial charge in [0.1, 0.15) is 0 Å². The molecule has 1 aliphatic rings. The first-order chi connectivity index (χ1) is 11.0. The first-order valence-corrected chi connectivity index (χ1v) is 8.06. The Labute approximate surface area is 134 Å². The fourth-order valence-corrected chi connectivity index (χ4v) is 3.31. The summed E-state index contributed by atoms with van der Waals surface area (Å²) in [4.78, 5) is 25.5. The van der Waals surface area contributed by atoms with E-state index in [1.165, 1.54) is 41.5 Å². The average molecular weight is 317 g/mol. The number of nitrogens with one attached hydrogen (secondary N) is 2. The Morgan fingerprint density at radius 1 is 1.17 bits per heavy atom. The van der Waals surface area contributed by atoms with Crippen LogP contribution in [0.25, 0.3) is 0 Å². The molecule has 0 radical (unpaired) electrons. The van der Waals surface area contributed by atoms with Crippen LogP contribution in [-0.4, -0.2) is 19.3 Å². The van der Waals surface area contributed by atoms with Crippen LogP contribution < -0.4 is 16.6 Å². The molecule has 1 aliphatic carbocycles. The van der Waals surface area contributed by atoms with Gasteiger partial charge in [-0.25, -0.2) is 4.79 Å². The van der Waals surface area contributed by atoms with Gasteiger partial charge in [0, 0.05) is 56.6 Å². The molecule has 7 nitrogen and oxygen atoms in total. The first-order valence-electron chi connectivity index (χ1n) is 8.06. The molecule has 0 aromatic carbocycles. The summed E-state index contributed by atoms with van der Waals surface area (Å²) in [5.41, 5.74) is 2.21. The zero-order valence-corrected chi connectivity index (χ0v) is 13.6. The topological polar surface area (TPSA) is 84.7 Å². The van der Waals surface area contributed by atoms with Gasteiger partial charge in [0.05, 0.1) is 5.69 Å². The number of rotatable bonds is 5. The van der Waals surface area contributed by atoms with E-state index < -0.39 is 5.69 Å². The maximum absolute atomic E-state index is 11.8. The highest BCUT2D eigenvalue weighted by atomic mass is 16.2. The van der Waals surface area contributed by atoms with E-state index in [1.807, 2.05) is 17.9 Å². The van der Waals surface area contributed by atoms with E-state index in [4.69, 9.17) is 0 Å². The lowest BCUT2D eigenvalue weighted by molar-refractivity contribution is 0.635. The van der Waals surface area contributed by atoms with Gasteiger partial charge in [-0.05, 0) is 12.8 Å². The van der Waals surface area contributed by atoms with E-state index in [0.717, 1.165) is 0 Å². The Hall–Kier alpha value is -2.15. The molecule has 1 saturated carbocycles. The molecule has 1 fully saturated rings. The minimum absolute atomic E-state index is 0.331. The predicted molar refractivity (Wildman–Crippen MR) is 87.3 cm³/mol. The molecule has 124 valence electrons. The van der Waals surface area contributed by atoms with Crippen molar-refractivity contribution < 1.29 is 0 Å². The lowest BCUT2D eigenvalue weighted by Crippen LogP contribution is -2.32. The van der Waals surface area contributed by atoms with Crippen molar-refractivity contribution >= 4 is 0 Å². The molecule has 2 aromatic heterocycles.